The number of carbonyl (C=O) groups excluding carboxylic acids is 1. The number of carbonyl (C=O) groups is 1. The van der Waals surface area contributed by atoms with E-state index in [1.165, 1.54) is 18.1 Å². The third-order valence-corrected chi connectivity index (χ3v) is 4.47. The van der Waals surface area contributed by atoms with Crippen molar-refractivity contribution in [1.29, 1.82) is 0 Å². The summed E-state index contributed by atoms with van der Waals surface area (Å²) < 4.78 is 25.8. The maximum absolute atomic E-state index is 13.8. The van der Waals surface area contributed by atoms with E-state index in [9.17, 15) is 9.18 Å². The zero-order valence-corrected chi connectivity index (χ0v) is 17.7. The van der Waals surface area contributed by atoms with Gasteiger partial charge < -0.3 is 19.3 Å². The van der Waals surface area contributed by atoms with Crippen LogP contribution >= 0.6 is 0 Å². The fraction of sp³-hybridized carbons (Fsp3) is 0.400. The minimum absolute atomic E-state index is 0.170. The molecule has 0 aliphatic rings. The highest BCUT2D eigenvalue weighted by Crippen LogP contribution is 2.31. The van der Waals surface area contributed by atoms with Gasteiger partial charge in [0.1, 0.15) is 11.6 Å². The van der Waals surface area contributed by atoms with E-state index >= 15 is 0 Å². The molecule has 0 atom stereocenters. The van der Waals surface area contributed by atoms with Gasteiger partial charge in [-0.1, -0.05) is 0 Å². The number of ether oxygens (including phenoxy) is 2. The quantitative estimate of drug-likeness (QED) is 0.585. The molecule has 3 aromatic rings. The number of fused-ring (bicyclic) bond motifs is 1. The van der Waals surface area contributed by atoms with E-state index in [1.807, 2.05) is 31.9 Å². The molecule has 0 aromatic carbocycles. The number of methoxy groups -OCH3 is 1. The summed E-state index contributed by atoms with van der Waals surface area (Å²) in [4.78, 5) is 24.0. The van der Waals surface area contributed by atoms with Crippen LogP contribution in [0.4, 0.5) is 15.0 Å². The lowest BCUT2D eigenvalue weighted by Gasteiger charge is -2.23. The lowest BCUT2D eigenvalue weighted by molar-refractivity contribution is 0.0848. The Morgan fingerprint density at radius 1 is 1.23 bits per heavy atom. The van der Waals surface area contributed by atoms with Crippen LogP contribution in [0, 0.1) is 5.82 Å². The van der Waals surface area contributed by atoms with Crippen LogP contribution in [-0.2, 0) is 4.74 Å². The number of pyridine rings is 1. The molecule has 9 nitrogen and oxygen atoms in total. The fourth-order valence-corrected chi connectivity index (χ4v) is 2.84. The lowest BCUT2D eigenvalue weighted by Crippen LogP contribution is -2.36. The monoisotopic (exact) mass is 416 g/mol. The van der Waals surface area contributed by atoms with Crippen molar-refractivity contribution in [1.82, 2.24) is 24.5 Å². The second kappa shape index (κ2) is 8.93. The van der Waals surface area contributed by atoms with Gasteiger partial charge in [-0.3, -0.25) is 0 Å². The first-order valence-electron chi connectivity index (χ1n) is 9.47. The van der Waals surface area contributed by atoms with Crippen LogP contribution in [-0.4, -0.2) is 71.0 Å². The molecule has 3 rings (SSSR count). The summed E-state index contributed by atoms with van der Waals surface area (Å²) in [6.45, 7) is 4.62. The minimum atomic E-state index is -0.477. The topological polar surface area (TPSA) is 85.1 Å². The molecule has 0 saturated heterocycles. The Morgan fingerprint density at radius 3 is 2.70 bits per heavy atom. The van der Waals surface area contributed by atoms with Crippen molar-refractivity contribution in [3.8, 4) is 17.0 Å². The zero-order chi connectivity index (χ0) is 21.8. The number of anilines is 1. The molecule has 0 fully saturated rings. The first-order valence-corrected chi connectivity index (χ1v) is 9.47. The van der Waals surface area contributed by atoms with Crippen molar-refractivity contribution in [3.63, 3.8) is 0 Å². The molecule has 0 bridgehead atoms. The maximum Gasteiger partial charge on any atom is 0.409 e. The lowest BCUT2D eigenvalue weighted by atomic mass is 10.1. The standard InChI is InChI=1S/C20H25FN6O3/c1-13(2)30-20(28)26(4)9-8-25(3)17-6-7-27-18(24-17)16(12-23-27)15-10-14(21)11-22-19(15)29-5/h6-7,10-13H,8-9H2,1-5H3. The van der Waals surface area contributed by atoms with E-state index in [0.717, 1.165) is 6.20 Å². The Hall–Kier alpha value is -3.43. The van der Waals surface area contributed by atoms with Crippen LogP contribution in [0.5, 0.6) is 5.88 Å². The Morgan fingerprint density at radius 2 is 2.00 bits per heavy atom. The van der Waals surface area contributed by atoms with Crippen LogP contribution < -0.4 is 9.64 Å². The van der Waals surface area contributed by atoms with Crippen LogP contribution in [0.3, 0.4) is 0 Å². The van der Waals surface area contributed by atoms with Crippen LogP contribution in [0.15, 0.2) is 30.7 Å². The minimum Gasteiger partial charge on any atom is -0.481 e. The van der Waals surface area contributed by atoms with E-state index < -0.39 is 5.82 Å². The first kappa shape index (κ1) is 21.3. The fourth-order valence-electron chi connectivity index (χ4n) is 2.84. The summed E-state index contributed by atoms with van der Waals surface area (Å²) in [6, 6.07) is 3.16. The van der Waals surface area contributed by atoms with Crippen molar-refractivity contribution in [2.45, 2.75) is 20.0 Å². The average molecular weight is 416 g/mol. The molecule has 0 aliphatic heterocycles. The van der Waals surface area contributed by atoms with Gasteiger partial charge in [0.25, 0.3) is 0 Å². The molecule has 0 spiro atoms. The molecular formula is C20H25FN6O3. The van der Waals surface area contributed by atoms with Gasteiger partial charge in [0.2, 0.25) is 5.88 Å². The highest BCUT2D eigenvalue weighted by atomic mass is 19.1. The molecule has 10 heteroatoms. The van der Waals surface area contributed by atoms with E-state index in [2.05, 4.69) is 15.1 Å². The predicted octanol–water partition coefficient (Wildman–Crippen LogP) is 2.85. The molecule has 0 aliphatic carbocycles. The van der Waals surface area contributed by atoms with Gasteiger partial charge in [-0.15, -0.1) is 0 Å². The van der Waals surface area contributed by atoms with Crippen LogP contribution in [0.1, 0.15) is 13.8 Å². The van der Waals surface area contributed by atoms with Crippen molar-refractivity contribution >= 4 is 17.6 Å². The first-order chi connectivity index (χ1) is 14.3. The van der Waals surface area contributed by atoms with Crippen molar-refractivity contribution in [2.24, 2.45) is 0 Å². The molecule has 30 heavy (non-hydrogen) atoms. The molecule has 3 aromatic heterocycles. The Balaban J connectivity index is 1.83. The summed E-state index contributed by atoms with van der Waals surface area (Å²) in [7, 11) is 5.04. The summed E-state index contributed by atoms with van der Waals surface area (Å²) in [5, 5.41) is 4.29. The van der Waals surface area contributed by atoms with E-state index in [1.54, 1.807) is 24.0 Å². The van der Waals surface area contributed by atoms with Crippen LogP contribution in [0.25, 0.3) is 16.8 Å². The van der Waals surface area contributed by atoms with Gasteiger partial charge >= 0.3 is 6.09 Å². The molecule has 160 valence electrons. The van der Waals surface area contributed by atoms with Gasteiger partial charge in [-0.2, -0.15) is 5.10 Å². The third-order valence-electron chi connectivity index (χ3n) is 4.47. The third kappa shape index (κ3) is 4.58. The molecular weight excluding hydrogens is 391 g/mol. The second-order valence-electron chi connectivity index (χ2n) is 7.10. The summed E-state index contributed by atoms with van der Waals surface area (Å²) in [5.41, 5.74) is 1.61. The van der Waals surface area contributed by atoms with E-state index in [-0.39, 0.29) is 18.1 Å². The number of rotatable bonds is 7. The van der Waals surface area contributed by atoms with Crippen LogP contribution in [0.2, 0.25) is 0 Å². The number of hydrogen-bond donors (Lipinski definition) is 0. The average Bonchev–Trinajstić information content (AvgIpc) is 3.14. The SMILES string of the molecule is COc1ncc(F)cc1-c1cnn2ccc(N(C)CCN(C)C(=O)OC(C)C)nc12. The largest absolute Gasteiger partial charge is 0.481 e. The molecule has 0 unspecified atom stereocenters. The molecule has 0 saturated carbocycles. The molecule has 3 heterocycles. The molecule has 0 N–H and O–H groups in total. The van der Waals surface area contributed by atoms with Crippen molar-refractivity contribution in [3.05, 3.63) is 36.5 Å². The molecule has 0 radical (unpaired) electrons. The number of nitrogens with zero attached hydrogens (tertiary/aromatic N) is 6. The van der Waals surface area contributed by atoms with Gasteiger partial charge in [-0.25, -0.2) is 23.7 Å². The number of likely N-dealkylation sites (N-methyl/N-ethyl adjacent to an activating group) is 2. The Kier molecular flexibility index (Phi) is 6.34. The van der Waals surface area contributed by atoms with Crippen molar-refractivity contribution < 1.29 is 18.7 Å². The second-order valence-corrected chi connectivity index (χ2v) is 7.10. The summed E-state index contributed by atoms with van der Waals surface area (Å²) >= 11 is 0. The Labute approximate surface area is 174 Å². The highest BCUT2D eigenvalue weighted by molar-refractivity contribution is 5.80. The predicted molar refractivity (Wildman–Crippen MR) is 110 cm³/mol. The van der Waals surface area contributed by atoms with Gasteiger partial charge in [0, 0.05) is 33.4 Å². The summed E-state index contributed by atoms with van der Waals surface area (Å²) in [5.74, 6) is 0.491. The van der Waals surface area contributed by atoms with Gasteiger partial charge in [0.15, 0.2) is 5.65 Å². The number of halogens is 1. The Bertz CT molecular complexity index is 1040. The highest BCUT2D eigenvalue weighted by Gasteiger charge is 2.17. The van der Waals surface area contributed by atoms with Gasteiger partial charge in [-0.05, 0) is 26.0 Å². The number of hydrogen-bond acceptors (Lipinski definition) is 7. The zero-order valence-electron chi connectivity index (χ0n) is 17.7. The normalized spacial score (nSPS) is 11.0. The van der Waals surface area contributed by atoms with E-state index in [4.69, 9.17) is 9.47 Å². The number of aromatic nitrogens is 4. The molecule has 1 amide bonds. The van der Waals surface area contributed by atoms with Crippen molar-refractivity contribution in [2.75, 3.05) is 39.2 Å². The van der Waals surface area contributed by atoms with E-state index in [0.29, 0.717) is 35.7 Å². The summed E-state index contributed by atoms with van der Waals surface area (Å²) in [6.07, 6.45) is 3.93. The van der Waals surface area contributed by atoms with Gasteiger partial charge in [0.05, 0.1) is 36.7 Å². The smallest absolute Gasteiger partial charge is 0.409 e. The maximum atomic E-state index is 13.8. The number of amides is 1.